The summed E-state index contributed by atoms with van der Waals surface area (Å²) < 4.78 is 29.1. The predicted octanol–water partition coefficient (Wildman–Crippen LogP) is 4.01. The fourth-order valence-corrected chi connectivity index (χ4v) is 5.45. The number of hydrogen-bond acceptors (Lipinski definition) is 4. The van der Waals surface area contributed by atoms with Gasteiger partial charge in [-0.05, 0) is 56.0 Å². The number of benzene rings is 1. The first-order valence-corrected chi connectivity index (χ1v) is 13.3. The molecule has 0 unspecified atom stereocenters. The summed E-state index contributed by atoms with van der Waals surface area (Å²) in [5.74, 6) is 0.116. The van der Waals surface area contributed by atoms with Crippen LogP contribution in [-0.4, -0.2) is 39.1 Å². The number of sulfone groups is 1. The summed E-state index contributed by atoms with van der Waals surface area (Å²) in [5, 5.41) is 1.61. The van der Waals surface area contributed by atoms with E-state index >= 15 is 0 Å². The van der Waals surface area contributed by atoms with E-state index in [0.29, 0.717) is 24.5 Å². The minimum atomic E-state index is -3.05. The Morgan fingerprint density at radius 1 is 1.09 bits per heavy atom. The summed E-state index contributed by atoms with van der Waals surface area (Å²) in [5.41, 5.74) is 3.62. The van der Waals surface area contributed by atoms with Gasteiger partial charge in [-0.3, -0.25) is 14.1 Å². The lowest BCUT2D eigenvalue weighted by Gasteiger charge is -2.26. The first-order valence-electron chi connectivity index (χ1n) is 10.8. The molecule has 0 aliphatic heterocycles. The van der Waals surface area contributed by atoms with Crippen molar-refractivity contribution in [1.82, 2.24) is 18.7 Å². The Labute approximate surface area is 191 Å². The van der Waals surface area contributed by atoms with Crippen LogP contribution in [0.5, 0.6) is 0 Å². The van der Waals surface area contributed by atoms with Crippen molar-refractivity contribution in [3.05, 3.63) is 63.9 Å². The highest BCUT2D eigenvalue weighted by Crippen LogP contribution is 2.33. The van der Waals surface area contributed by atoms with Crippen LogP contribution in [0.4, 0.5) is 0 Å². The lowest BCUT2D eigenvalue weighted by atomic mass is 9.93. The third-order valence-corrected chi connectivity index (χ3v) is 7.64. The molecule has 1 aliphatic carbocycles. The van der Waals surface area contributed by atoms with Crippen LogP contribution in [0.3, 0.4) is 0 Å². The Kier molecular flexibility index (Phi) is 5.37. The zero-order valence-corrected chi connectivity index (χ0v) is 19.4. The van der Waals surface area contributed by atoms with E-state index in [1.807, 2.05) is 34.9 Å². The molecule has 0 saturated heterocycles. The molecule has 3 aromatic heterocycles. The van der Waals surface area contributed by atoms with E-state index in [4.69, 9.17) is 11.6 Å². The molecule has 0 bridgehead atoms. The Balaban J connectivity index is 1.60. The fraction of sp³-hybridized carbons (Fsp3) is 0.391. The molecule has 1 aliphatic rings. The third kappa shape index (κ3) is 3.86. The summed E-state index contributed by atoms with van der Waals surface area (Å²) in [7, 11) is -3.05. The Hall–Kier alpha value is -2.58. The molecule has 1 aromatic carbocycles. The van der Waals surface area contributed by atoms with Gasteiger partial charge in [-0.2, -0.15) is 0 Å². The van der Waals surface area contributed by atoms with Crippen LogP contribution in [-0.2, 0) is 22.9 Å². The Morgan fingerprint density at radius 2 is 1.91 bits per heavy atom. The molecule has 0 atom stereocenters. The van der Waals surface area contributed by atoms with Gasteiger partial charge in [0.1, 0.15) is 9.84 Å². The first-order chi connectivity index (χ1) is 15.3. The van der Waals surface area contributed by atoms with Crippen LogP contribution < -0.4 is 5.69 Å². The van der Waals surface area contributed by atoms with Crippen LogP contribution in [0.25, 0.3) is 21.9 Å². The van der Waals surface area contributed by atoms with E-state index in [1.54, 1.807) is 17.0 Å². The average molecular weight is 473 g/mol. The SMILES string of the molecule is CS(=O)(=O)CCCn1c(Cn2c(=O)n(C3CCC3)c3ccncc32)cc2cc(Cl)ccc21. The second-order valence-electron chi connectivity index (χ2n) is 8.66. The van der Waals surface area contributed by atoms with Crippen LogP contribution in [0, 0.1) is 0 Å². The number of aryl methyl sites for hydroxylation is 1. The molecule has 3 heterocycles. The van der Waals surface area contributed by atoms with E-state index in [0.717, 1.165) is 46.9 Å². The molecular formula is C23H25ClN4O3S. The molecule has 9 heteroatoms. The quantitative estimate of drug-likeness (QED) is 0.407. The fourth-order valence-electron chi connectivity index (χ4n) is 4.62. The zero-order chi connectivity index (χ0) is 22.5. The first kappa shape index (κ1) is 21.3. The number of halogens is 1. The maximum atomic E-state index is 13.4. The lowest BCUT2D eigenvalue weighted by molar-refractivity contribution is 0.311. The van der Waals surface area contributed by atoms with Gasteiger partial charge in [-0.25, -0.2) is 13.2 Å². The number of hydrogen-bond donors (Lipinski definition) is 0. The molecule has 0 amide bonds. The summed E-state index contributed by atoms with van der Waals surface area (Å²) in [4.78, 5) is 17.7. The average Bonchev–Trinajstić information content (AvgIpc) is 3.16. The molecule has 0 radical (unpaired) electrons. The maximum Gasteiger partial charge on any atom is 0.329 e. The summed E-state index contributed by atoms with van der Waals surface area (Å²) in [6.07, 6.45) is 8.41. The number of fused-ring (bicyclic) bond motifs is 2. The minimum absolute atomic E-state index is 0.0244. The molecule has 168 valence electrons. The van der Waals surface area contributed by atoms with Crippen molar-refractivity contribution in [2.24, 2.45) is 0 Å². The predicted molar refractivity (Wildman–Crippen MR) is 127 cm³/mol. The van der Waals surface area contributed by atoms with Gasteiger partial charge in [0, 0.05) is 46.7 Å². The number of aromatic nitrogens is 4. The van der Waals surface area contributed by atoms with Crippen molar-refractivity contribution in [2.75, 3.05) is 12.0 Å². The summed E-state index contributed by atoms with van der Waals surface area (Å²) >= 11 is 6.21. The topological polar surface area (TPSA) is 78.9 Å². The van der Waals surface area contributed by atoms with E-state index in [-0.39, 0.29) is 17.5 Å². The number of rotatable bonds is 7. The Bertz CT molecular complexity index is 1480. The highest BCUT2D eigenvalue weighted by molar-refractivity contribution is 7.90. The van der Waals surface area contributed by atoms with Gasteiger partial charge in [0.25, 0.3) is 0 Å². The highest BCUT2D eigenvalue weighted by atomic mass is 35.5. The zero-order valence-electron chi connectivity index (χ0n) is 17.9. The van der Waals surface area contributed by atoms with Crippen LogP contribution in [0.2, 0.25) is 5.02 Å². The monoisotopic (exact) mass is 472 g/mol. The van der Waals surface area contributed by atoms with Crippen LogP contribution >= 0.6 is 11.6 Å². The highest BCUT2D eigenvalue weighted by Gasteiger charge is 2.26. The van der Waals surface area contributed by atoms with Crippen molar-refractivity contribution in [2.45, 2.75) is 44.8 Å². The van der Waals surface area contributed by atoms with Gasteiger partial charge in [0.05, 0.1) is 29.5 Å². The van der Waals surface area contributed by atoms with Crippen molar-refractivity contribution < 1.29 is 8.42 Å². The second kappa shape index (κ2) is 8.08. The van der Waals surface area contributed by atoms with Crippen molar-refractivity contribution >= 4 is 43.4 Å². The smallest absolute Gasteiger partial charge is 0.329 e. The van der Waals surface area contributed by atoms with Gasteiger partial charge < -0.3 is 4.57 Å². The summed E-state index contributed by atoms with van der Waals surface area (Å²) in [6, 6.07) is 9.87. The molecule has 1 saturated carbocycles. The van der Waals surface area contributed by atoms with E-state index in [2.05, 4.69) is 9.55 Å². The molecular weight excluding hydrogens is 448 g/mol. The van der Waals surface area contributed by atoms with E-state index in [9.17, 15) is 13.2 Å². The minimum Gasteiger partial charge on any atom is -0.343 e. The molecule has 5 rings (SSSR count). The van der Waals surface area contributed by atoms with Crippen molar-refractivity contribution in [3.8, 4) is 0 Å². The molecule has 32 heavy (non-hydrogen) atoms. The maximum absolute atomic E-state index is 13.4. The van der Waals surface area contributed by atoms with Crippen molar-refractivity contribution in [1.29, 1.82) is 0 Å². The van der Waals surface area contributed by atoms with Gasteiger partial charge in [0.2, 0.25) is 0 Å². The number of nitrogens with zero attached hydrogens (tertiary/aromatic N) is 4. The van der Waals surface area contributed by atoms with Gasteiger partial charge in [0.15, 0.2) is 0 Å². The molecule has 1 fully saturated rings. The van der Waals surface area contributed by atoms with E-state index in [1.165, 1.54) is 6.26 Å². The number of imidazole rings is 1. The van der Waals surface area contributed by atoms with Gasteiger partial charge in [-0.1, -0.05) is 11.6 Å². The lowest BCUT2D eigenvalue weighted by Crippen LogP contribution is -2.31. The molecule has 4 aromatic rings. The molecule has 0 spiro atoms. The largest absolute Gasteiger partial charge is 0.343 e. The summed E-state index contributed by atoms with van der Waals surface area (Å²) in [6.45, 7) is 0.924. The number of pyridine rings is 1. The van der Waals surface area contributed by atoms with Crippen LogP contribution in [0.1, 0.15) is 37.4 Å². The third-order valence-electron chi connectivity index (χ3n) is 6.37. The Morgan fingerprint density at radius 3 is 2.62 bits per heavy atom. The second-order valence-corrected chi connectivity index (χ2v) is 11.4. The van der Waals surface area contributed by atoms with E-state index < -0.39 is 9.84 Å². The van der Waals surface area contributed by atoms with Crippen LogP contribution in [0.15, 0.2) is 47.5 Å². The van der Waals surface area contributed by atoms with Gasteiger partial charge >= 0.3 is 5.69 Å². The molecule has 0 N–H and O–H groups in total. The standard InChI is InChI=1S/C23H25ClN4O3S/c1-32(30,31)11-3-10-26-19(13-16-12-17(24)6-7-20(16)26)15-27-22-14-25-9-8-21(22)28(23(27)29)18-4-2-5-18/h6-9,12-14,18H,2-5,10-11,15H2,1H3. The normalized spacial score (nSPS) is 14.9. The van der Waals surface area contributed by atoms with Crippen molar-refractivity contribution in [3.63, 3.8) is 0 Å². The molecule has 7 nitrogen and oxygen atoms in total. The van der Waals surface area contributed by atoms with Gasteiger partial charge in [-0.15, -0.1) is 0 Å².